The molecule has 6 heteroatoms. The summed E-state index contributed by atoms with van der Waals surface area (Å²) >= 11 is 7.65. The average molecular weight is 475 g/mol. The van der Waals surface area contributed by atoms with Crippen molar-refractivity contribution in [3.05, 3.63) is 64.7 Å². The molecule has 0 fully saturated rings. The number of aryl methyl sites for hydroxylation is 1. The first-order valence-electron chi connectivity index (χ1n) is 11.1. The van der Waals surface area contributed by atoms with Gasteiger partial charge in [-0.15, -0.1) is 11.8 Å². The minimum atomic E-state index is -0.494. The highest BCUT2D eigenvalue weighted by molar-refractivity contribution is 7.99. The van der Waals surface area contributed by atoms with Crippen LogP contribution in [0.4, 0.5) is 0 Å². The van der Waals surface area contributed by atoms with Crippen LogP contribution in [0.5, 0.6) is 0 Å². The number of halogens is 1. The Hall–Kier alpha value is -1.98. The van der Waals surface area contributed by atoms with Crippen LogP contribution in [0.1, 0.15) is 58.1 Å². The molecule has 2 aromatic rings. The van der Waals surface area contributed by atoms with Crippen molar-refractivity contribution in [1.82, 2.24) is 10.2 Å². The summed E-state index contributed by atoms with van der Waals surface area (Å²) in [5, 5.41) is 3.77. The van der Waals surface area contributed by atoms with Crippen molar-refractivity contribution < 1.29 is 9.59 Å². The molecule has 4 nitrogen and oxygen atoms in total. The minimum absolute atomic E-state index is 0.0131. The Morgan fingerprint density at radius 1 is 1.12 bits per heavy atom. The normalized spacial score (nSPS) is 12.3. The summed E-state index contributed by atoms with van der Waals surface area (Å²) in [6, 6.07) is 15.3. The number of rotatable bonds is 10. The number of thioether (sulfide) groups is 1. The molecule has 0 bridgehead atoms. The third-order valence-corrected chi connectivity index (χ3v) is 6.29. The van der Waals surface area contributed by atoms with Crippen LogP contribution in [0.3, 0.4) is 0 Å². The topological polar surface area (TPSA) is 49.4 Å². The van der Waals surface area contributed by atoms with Crippen molar-refractivity contribution in [2.45, 2.75) is 76.9 Å². The highest BCUT2D eigenvalue weighted by Gasteiger charge is 2.30. The fourth-order valence-electron chi connectivity index (χ4n) is 3.47. The third-order valence-electron chi connectivity index (χ3n) is 4.94. The molecule has 2 rings (SSSR count). The Morgan fingerprint density at radius 2 is 1.81 bits per heavy atom. The first-order chi connectivity index (χ1) is 15.1. The lowest BCUT2D eigenvalue weighted by Crippen LogP contribution is -2.53. The molecule has 174 valence electrons. The van der Waals surface area contributed by atoms with E-state index >= 15 is 0 Å². The maximum Gasteiger partial charge on any atom is 0.243 e. The van der Waals surface area contributed by atoms with Crippen LogP contribution in [0.15, 0.2) is 53.4 Å². The molecule has 0 aromatic heterocycles. The first kappa shape index (κ1) is 26.3. The van der Waals surface area contributed by atoms with Gasteiger partial charge < -0.3 is 10.2 Å². The molecule has 2 amide bonds. The Labute approximate surface area is 202 Å². The number of carbonyl (C=O) groups excluding carboxylic acids is 2. The number of nitrogens with zero attached hydrogens (tertiary/aromatic N) is 1. The standard InChI is InChI=1S/C26H35ClN2O2S/c1-6-23(25(31)28-26(3,4)5)29(18-20-10-7-9-19(2)17-20)24(30)11-8-16-32-22-14-12-21(27)13-15-22/h7,9-10,12-15,17,23H,6,8,11,16,18H2,1-5H3,(H,28,31)/t23-/m0/s1. The largest absolute Gasteiger partial charge is 0.350 e. The van der Waals surface area contributed by atoms with Gasteiger partial charge in [0.15, 0.2) is 0 Å². The van der Waals surface area contributed by atoms with E-state index in [1.165, 1.54) is 0 Å². The van der Waals surface area contributed by atoms with Gasteiger partial charge in [0.1, 0.15) is 6.04 Å². The Balaban J connectivity index is 2.08. The highest BCUT2D eigenvalue weighted by atomic mass is 35.5. The minimum Gasteiger partial charge on any atom is -0.350 e. The van der Waals surface area contributed by atoms with E-state index in [-0.39, 0.29) is 17.4 Å². The summed E-state index contributed by atoms with van der Waals surface area (Å²) in [7, 11) is 0. The molecule has 0 spiro atoms. The smallest absolute Gasteiger partial charge is 0.243 e. The average Bonchev–Trinajstić information content (AvgIpc) is 2.71. The van der Waals surface area contributed by atoms with Gasteiger partial charge in [0.05, 0.1) is 0 Å². The number of hydrogen-bond donors (Lipinski definition) is 1. The second-order valence-corrected chi connectivity index (χ2v) is 10.7. The zero-order valence-electron chi connectivity index (χ0n) is 19.8. The fraction of sp³-hybridized carbons (Fsp3) is 0.462. The zero-order valence-corrected chi connectivity index (χ0v) is 21.4. The molecule has 0 aliphatic rings. The quantitative estimate of drug-likeness (QED) is 0.327. The van der Waals surface area contributed by atoms with Crippen molar-refractivity contribution in [2.75, 3.05) is 5.75 Å². The third kappa shape index (κ3) is 8.87. The maximum atomic E-state index is 13.3. The van der Waals surface area contributed by atoms with Crippen molar-refractivity contribution >= 4 is 35.2 Å². The summed E-state index contributed by atoms with van der Waals surface area (Å²) in [5.74, 6) is 0.743. The molecule has 0 heterocycles. The Bertz CT molecular complexity index is 893. The van der Waals surface area contributed by atoms with Gasteiger partial charge in [-0.2, -0.15) is 0 Å². The van der Waals surface area contributed by atoms with Gasteiger partial charge in [0.2, 0.25) is 11.8 Å². The van der Waals surface area contributed by atoms with Crippen molar-refractivity contribution in [1.29, 1.82) is 0 Å². The maximum absolute atomic E-state index is 13.3. The molecule has 1 N–H and O–H groups in total. The lowest BCUT2D eigenvalue weighted by atomic mass is 10.0. The SMILES string of the molecule is CC[C@@H](C(=O)NC(C)(C)C)N(Cc1cccc(C)c1)C(=O)CCCSc1ccc(Cl)cc1. The Morgan fingerprint density at radius 3 is 2.41 bits per heavy atom. The van der Waals surface area contributed by atoms with Crippen LogP contribution in [0, 0.1) is 6.92 Å². The predicted octanol–water partition coefficient (Wildman–Crippen LogP) is 6.24. The van der Waals surface area contributed by atoms with E-state index in [0.717, 1.165) is 33.2 Å². The van der Waals surface area contributed by atoms with E-state index in [4.69, 9.17) is 11.6 Å². The molecular weight excluding hydrogens is 440 g/mol. The van der Waals surface area contributed by atoms with Crippen molar-refractivity contribution in [2.24, 2.45) is 0 Å². The van der Waals surface area contributed by atoms with Gasteiger partial charge >= 0.3 is 0 Å². The number of benzene rings is 2. The number of carbonyl (C=O) groups is 2. The summed E-state index contributed by atoms with van der Waals surface area (Å²) in [4.78, 5) is 29.2. The van der Waals surface area contributed by atoms with Gasteiger partial charge in [-0.25, -0.2) is 0 Å². The van der Waals surface area contributed by atoms with Gasteiger partial charge in [0, 0.05) is 28.4 Å². The van der Waals surface area contributed by atoms with E-state index in [1.54, 1.807) is 16.7 Å². The molecule has 32 heavy (non-hydrogen) atoms. The fourth-order valence-corrected chi connectivity index (χ4v) is 4.45. The molecule has 0 saturated carbocycles. The van der Waals surface area contributed by atoms with Crippen LogP contribution in [0.25, 0.3) is 0 Å². The summed E-state index contributed by atoms with van der Waals surface area (Å²) in [6.45, 7) is 10.3. The van der Waals surface area contributed by atoms with Crippen molar-refractivity contribution in [3.8, 4) is 0 Å². The second kappa shape index (κ2) is 12.3. The number of nitrogens with one attached hydrogen (secondary N) is 1. The zero-order chi connectivity index (χ0) is 23.7. The van der Waals surface area contributed by atoms with E-state index < -0.39 is 6.04 Å². The molecule has 0 radical (unpaired) electrons. The van der Waals surface area contributed by atoms with Crippen LogP contribution < -0.4 is 5.32 Å². The lowest BCUT2D eigenvalue weighted by molar-refractivity contribution is -0.142. The second-order valence-electron chi connectivity index (χ2n) is 9.08. The van der Waals surface area contributed by atoms with E-state index in [9.17, 15) is 9.59 Å². The summed E-state index contributed by atoms with van der Waals surface area (Å²) in [6.07, 6.45) is 1.72. The molecule has 1 atom stereocenters. The Kier molecular flexibility index (Phi) is 10.1. The first-order valence-corrected chi connectivity index (χ1v) is 12.5. The monoisotopic (exact) mass is 474 g/mol. The van der Waals surface area contributed by atoms with E-state index in [1.807, 2.05) is 77.1 Å². The van der Waals surface area contributed by atoms with Crippen LogP contribution in [-0.4, -0.2) is 34.0 Å². The van der Waals surface area contributed by atoms with Crippen LogP contribution in [0.2, 0.25) is 5.02 Å². The van der Waals surface area contributed by atoms with Gasteiger partial charge in [0.25, 0.3) is 0 Å². The molecule has 2 aromatic carbocycles. The summed E-state index contributed by atoms with van der Waals surface area (Å²) in [5.41, 5.74) is 1.83. The number of amides is 2. The highest BCUT2D eigenvalue weighted by Crippen LogP contribution is 2.22. The van der Waals surface area contributed by atoms with Crippen molar-refractivity contribution in [3.63, 3.8) is 0 Å². The molecule has 0 unspecified atom stereocenters. The van der Waals surface area contributed by atoms with Gasteiger partial charge in [-0.3, -0.25) is 9.59 Å². The van der Waals surface area contributed by atoms with E-state index in [0.29, 0.717) is 19.4 Å². The molecule has 0 aliphatic heterocycles. The van der Waals surface area contributed by atoms with Gasteiger partial charge in [-0.1, -0.05) is 48.4 Å². The van der Waals surface area contributed by atoms with E-state index in [2.05, 4.69) is 11.4 Å². The molecular formula is C26H35ClN2O2S. The predicted molar refractivity (Wildman–Crippen MR) is 135 cm³/mol. The lowest BCUT2D eigenvalue weighted by Gasteiger charge is -2.33. The van der Waals surface area contributed by atoms with Gasteiger partial charge in [-0.05, 0) is 76.1 Å². The summed E-state index contributed by atoms with van der Waals surface area (Å²) < 4.78 is 0. The molecule has 0 aliphatic carbocycles. The number of hydrogen-bond acceptors (Lipinski definition) is 3. The van der Waals surface area contributed by atoms with Crippen LogP contribution in [-0.2, 0) is 16.1 Å². The molecule has 0 saturated heterocycles. The van der Waals surface area contributed by atoms with Crippen LogP contribution >= 0.6 is 23.4 Å².